The van der Waals surface area contributed by atoms with Crippen molar-refractivity contribution in [3.05, 3.63) is 89.2 Å². The average molecular weight is 372 g/mol. The largest absolute Gasteiger partial charge is 0.335 e. The van der Waals surface area contributed by atoms with Crippen LogP contribution in [0.4, 0.5) is 11.4 Å². The van der Waals surface area contributed by atoms with Gasteiger partial charge in [-0.3, -0.25) is 29.8 Å². The van der Waals surface area contributed by atoms with Gasteiger partial charge >= 0.3 is 11.1 Å². The van der Waals surface area contributed by atoms with Crippen molar-refractivity contribution in [3.8, 4) is 0 Å². The van der Waals surface area contributed by atoms with Crippen molar-refractivity contribution in [3.63, 3.8) is 0 Å². The smallest absolute Gasteiger partial charge is 0.285 e. The molecule has 0 radical (unpaired) electrons. The molecule has 134 valence electrons. The molecule has 8 heteroatoms. The van der Waals surface area contributed by atoms with Gasteiger partial charge in [0.2, 0.25) is 5.43 Å². The molecule has 0 heterocycles. The topological polar surface area (TPSA) is 120 Å². The van der Waals surface area contributed by atoms with Crippen LogP contribution in [0.5, 0.6) is 0 Å². The van der Waals surface area contributed by atoms with Crippen molar-refractivity contribution in [1.82, 2.24) is 0 Å². The van der Waals surface area contributed by atoms with E-state index in [0.717, 1.165) is 16.8 Å². The fourth-order valence-electron chi connectivity index (χ4n) is 4.12. The first-order chi connectivity index (χ1) is 13.4. The van der Waals surface area contributed by atoms with Crippen molar-refractivity contribution < 1.29 is 9.85 Å². The Labute approximate surface area is 154 Å². The van der Waals surface area contributed by atoms with E-state index >= 15 is 0 Å². The van der Waals surface area contributed by atoms with Crippen LogP contribution in [0.3, 0.4) is 0 Å². The Hall–Kier alpha value is -4.20. The number of nitro groups is 2. The van der Waals surface area contributed by atoms with E-state index < -0.39 is 37.5 Å². The maximum Gasteiger partial charge on any atom is 0.335 e. The molecule has 0 bridgehead atoms. The Morgan fingerprint density at radius 1 is 0.607 bits per heavy atom. The number of non-ortho nitro benzene ring substituents is 2. The van der Waals surface area contributed by atoms with Gasteiger partial charge in [0.15, 0.2) is 0 Å². The number of nitro benzene ring substituents is 2. The van der Waals surface area contributed by atoms with Crippen molar-refractivity contribution >= 4 is 54.5 Å². The molecule has 0 N–H and O–H groups in total. The third-order valence-corrected chi connectivity index (χ3v) is 5.16. The zero-order valence-corrected chi connectivity index (χ0v) is 14.0. The molecule has 0 fully saturated rings. The summed E-state index contributed by atoms with van der Waals surface area (Å²) < 4.78 is 0. The summed E-state index contributed by atoms with van der Waals surface area (Å²) in [6.07, 6.45) is 0. The molecule has 0 aromatic heterocycles. The van der Waals surface area contributed by atoms with Crippen LogP contribution in [-0.2, 0) is 0 Å². The minimum Gasteiger partial charge on any atom is -0.285 e. The predicted octanol–water partition coefficient (Wildman–Crippen LogP) is 3.71. The molecular weight excluding hydrogens is 364 g/mol. The number of hydrogen-bond donors (Lipinski definition) is 0. The zero-order valence-electron chi connectivity index (χ0n) is 14.0. The third kappa shape index (κ3) is 1.78. The maximum absolute atomic E-state index is 12.9. The first-order valence-electron chi connectivity index (χ1n) is 8.23. The van der Waals surface area contributed by atoms with E-state index in [0.29, 0.717) is 16.2 Å². The van der Waals surface area contributed by atoms with Gasteiger partial charge in [-0.25, -0.2) is 0 Å². The van der Waals surface area contributed by atoms with Gasteiger partial charge in [-0.05, 0) is 33.0 Å². The summed E-state index contributed by atoms with van der Waals surface area (Å²) >= 11 is 0. The van der Waals surface area contributed by atoms with Gasteiger partial charge in [0.1, 0.15) is 5.39 Å². The number of hydrogen-bond acceptors (Lipinski definition) is 6. The molecule has 0 aliphatic rings. The zero-order chi connectivity index (χ0) is 19.7. The molecule has 0 unspecified atom stereocenters. The molecule has 5 rings (SSSR count). The van der Waals surface area contributed by atoms with Crippen molar-refractivity contribution in [2.75, 3.05) is 0 Å². The molecular formula is C20H8N2O6. The van der Waals surface area contributed by atoms with E-state index in [-0.39, 0.29) is 10.8 Å². The van der Waals surface area contributed by atoms with Gasteiger partial charge in [0, 0.05) is 16.8 Å². The number of nitrogens with zero attached hydrogens (tertiary/aromatic N) is 2. The minimum absolute atomic E-state index is 0.0198. The van der Waals surface area contributed by atoms with Crippen molar-refractivity contribution in [2.24, 2.45) is 0 Å². The number of fused-ring (bicyclic) bond motifs is 2. The molecule has 0 aliphatic heterocycles. The highest BCUT2D eigenvalue weighted by molar-refractivity contribution is 6.34. The van der Waals surface area contributed by atoms with E-state index in [2.05, 4.69) is 0 Å². The molecule has 0 aliphatic carbocycles. The van der Waals surface area contributed by atoms with Crippen LogP contribution < -0.4 is 10.9 Å². The quantitative estimate of drug-likeness (QED) is 0.153. The lowest BCUT2D eigenvalue weighted by atomic mass is 9.88. The van der Waals surface area contributed by atoms with E-state index in [1.807, 2.05) is 12.1 Å². The van der Waals surface area contributed by atoms with Crippen LogP contribution >= 0.6 is 0 Å². The van der Waals surface area contributed by atoms with Gasteiger partial charge in [-0.2, -0.15) is 0 Å². The molecule has 0 amide bonds. The van der Waals surface area contributed by atoms with Gasteiger partial charge in [-0.1, -0.05) is 36.4 Å². The lowest BCUT2D eigenvalue weighted by Crippen LogP contribution is -2.27. The van der Waals surface area contributed by atoms with Crippen molar-refractivity contribution in [1.29, 1.82) is 0 Å². The second-order valence-corrected chi connectivity index (χ2v) is 6.49. The Bertz CT molecular complexity index is 1600. The standard InChI is InChI=1S/C20H8N2O6/c23-19-16-12-6-2-4-9-3-1-5-10(14(9)12)11-7-8-13(21(25)26)17(15(11)16)18(20(19)24)22(27)28/h1-8H. The van der Waals surface area contributed by atoms with Crippen molar-refractivity contribution in [2.45, 2.75) is 0 Å². The maximum atomic E-state index is 12.9. The van der Waals surface area contributed by atoms with E-state index in [1.165, 1.54) is 6.07 Å². The molecule has 0 saturated carbocycles. The fourth-order valence-corrected chi connectivity index (χ4v) is 4.12. The van der Waals surface area contributed by atoms with E-state index in [4.69, 9.17) is 0 Å². The van der Waals surface area contributed by atoms with Gasteiger partial charge < -0.3 is 0 Å². The first-order valence-corrected chi connectivity index (χ1v) is 8.23. The van der Waals surface area contributed by atoms with Crippen LogP contribution in [-0.4, -0.2) is 9.85 Å². The monoisotopic (exact) mass is 372 g/mol. The minimum atomic E-state index is -1.34. The van der Waals surface area contributed by atoms with Crippen LogP contribution in [0, 0.1) is 20.2 Å². The summed E-state index contributed by atoms with van der Waals surface area (Å²) in [4.78, 5) is 46.8. The highest BCUT2D eigenvalue weighted by Crippen LogP contribution is 2.43. The number of benzene rings is 5. The lowest BCUT2D eigenvalue weighted by Gasteiger charge is -2.13. The highest BCUT2D eigenvalue weighted by atomic mass is 16.6. The molecule has 28 heavy (non-hydrogen) atoms. The van der Waals surface area contributed by atoms with Crippen LogP contribution in [0.15, 0.2) is 58.1 Å². The highest BCUT2D eigenvalue weighted by Gasteiger charge is 2.32. The molecule has 0 saturated heterocycles. The van der Waals surface area contributed by atoms with Gasteiger partial charge in [0.25, 0.3) is 5.69 Å². The second-order valence-electron chi connectivity index (χ2n) is 6.49. The molecule has 0 atom stereocenters. The predicted molar refractivity (Wildman–Crippen MR) is 105 cm³/mol. The Morgan fingerprint density at radius 2 is 1.25 bits per heavy atom. The summed E-state index contributed by atoms with van der Waals surface area (Å²) in [6.45, 7) is 0. The second kappa shape index (κ2) is 5.17. The first kappa shape index (κ1) is 16.0. The average Bonchev–Trinajstić information content (AvgIpc) is 2.67. The summed E-state index contributed by atoms with van der Waals surface area (Å²) in [5, 5.41) is 26.0. The summed E-state index contributed by atoms with van der Waals surface area (Å²) in [5.41, 5.74) is -3.99. The van der Waals surface area contributed by atoms with E-state index in [9.17, 15) is 29.8 Å². The molecule has 8 nitrogen and oxygen atoms in total. The Balaban J connectivity index is 2.32. The van der Waals surface area contributed by atoms with Gasteiger partial charge in [-0.15, -0.1) is 0 Å². The molecule has 0 spiro atoms. The van der Waals surface area contributed by atoms with Gasteiger partial charge in [0.05, 0.1) is 9.85 Å². The third-order valence-electron chi connectivity index (χ3n) is 5.16. The Morgan fingerprint density at radius 3 is 1.89 bits per heavy atom. The van der Waals surface area contributed by atoms with Crippen LogP contribution in [0.2, 0.25) is 0 Å². The number of rotatable bonds is 2. The summed E-state index contributed by atoms with van der Waals surface area (Å²) in [6, 6.07) is 13.3. The van der Waals surface area contributed by atoms with Crippen LogP contribution in [0.25, 0.3) is 43.1 Å². The molecule has 5 aromatic rings. The SMILES string of the molecule is O=c1c([N+](=O)[O-])c2c([N+](=O)[O-])ccc3c4cccc5cccc(c(c1=O)c23)c54. The Kier molecular flexibility index (Phi) is 2.95. The normalized spacial score (nSPS) is 11.7. The van der Waals surface area contributed by atoms with Crippen LogP contribution in [0.1, 0.15) is 0 Å². The van der Waals surface area contributed by atoms with E-state index in [1.54, 1.807) is 24.3 Å². The lowest BCUT2D eigenvalue weighted by molar-refractivity contribution is -0.390. The summed E-state index contributed by atoms with van der Waals surface area (Å²) in [5.74, 6) is 0. The molecule has 5 aromatic carbocycles. The summed E-state index contributed by atoms with van der Waals surface area (Å²) in [7, 11) is 0. The fraction of sp³-hybridized carbons (Fsp3) is 0.